The molecule has 0 aliphatic carbocycles. The van der Waals surface area contributed by atoms with Gasteiger partial charge in [-0.05, 0) is 48.9 Å². The summed E-state index contributed by atoms with van der Waals surface area (Å²) in [5.41, 5.74) is 2.06. The van der Waals surface area contributed by atoms with Gasteiger partial charge in [0.1, 0.15) is 11.5 Å². The first kappa shape index (κ1) is 27.5. The van der Waals surface area contributed by atoms with Gasteiger partial charge in [0.05, 0.1) is 24.8 Å². The summed E-state index contributed by atoms with van der Waals surface area (Å²) in [6, 6.07) is 14.1. The number of carbonyl (C=O) groups excluding carboxylic acids is 1. The summed E-state index contributed by atoms with van der Waals surface area (Å²) in [6.07, 6.45) is 0.918. The van der Waals surface area contributed by atoms with Crippen molar-refractivity contribution in [1.82, 2.24) is 10.1 Å². The van der Waals surface area contributed by atoms with Crippen LogP contribution in [0.15, 0.2) is 53.1 Å². The first-order valence-corrected chi connectivity index (χ1v) is 13.0. The first-order valence-electron chi connectivity index (χ1n) is 12.7. The maximum absolute atomic E-state index is 12.3. The molecule has 2 N–H and O–H groups in total. The molecule has 200 valence electrons. The quantitative estimate of drug-likeness (QED) is 0.294. The third-order valence-corrected chi connectivity index (χ3v) is 6.21. The van der Waals surface area contributed by atoms with E-state index in [1.165, 1.54) is 0 Å². The van der Waals surface area contributed by atoms with Crippen molar-refractivity contribution in [1.29, 1.82) is 0 Å². The molecule has 2 heterocycles. The number of hydrogen-bond donors (Lipinski definition) is 2. The lowest BCUT2D eigenvalue weighted by Gasteiger charge is -2.26. The molecule has 0 unspecified atom stereocenters. The van der Waals surface area contributed by atoms with Crippen molar-refractivity contribution in [3.8, 4) is 17.6 Å². The van der Waals surface area contributed by atoms with Gasteiger partial charge in [-0.2, -0.15) is 0 Å². The van der Waals surface area contributed by atoms with E-state index >= 15 is 0 Å². The Bertz CT molecular complexity index is 1280. The highest BCUT2D eigenvalue weighted by atomic mass is 35.5. The monoisotopic (exact) mass is 536 g/mol. The maximum Gasteiger partial charge on any atom is 0.324 e. The van der Waals surface area contributed by atoms with Crippen molar-refractivity contribution < 1.29 is 18.8 Å². The van der Waals surface area contributed by atoms with Gasteiger partial charge >= 0.3 is 6.03 Å². The average molecular weight is 537 g/mol. The number of nitrogens with zero attached hydrogens (tertiary/aromatic N) is 2. The fraction of sp³-hybridized carbons (Fsp3) is 0.379. The summed E-state index contributed by atoms with van der Waals surface area (Å²) in [7, 11) is 0. The number of nitrogens with one attached hydrogen (secondary N) is 2. The zero-order chi connectivity index (χ0) is 27.0. The standard InChI is InChI=1S/C29H33ClN4O4/c1-29(2,3)26-20-27(33-38-26)32-28(35)31-23-10-7-21(8-11-23)5-6-22-9-12-24(30)25(19-22)37-16-4-13-34-14-17-36-18-15-34/h7-12,19-20H,4,13-18H2,1-3H3,(H2,31,32,33,35). The number of halogens is 1. The molecule has 4 rings (SSSR count). The van der Waals surface area contributed by atoms with Gasteiger partial charge in [-0.25, -0.2) is 4.79 Å². The van der Waals surface area contributed by atoms with Crippen molar-refractivity contribution in [2.75, 3.05) is 50.1 Å². The molecule has 0 atom stereocenters. The summed E-state index contributed by atoms with van der Waals surface area (Å²) in [5, 5.41) is 9.91. The number of urea groups is 1. The minimum atomic E-state index is -0.406. The van der Waals surface area contributed by atoms with Crippen LogP contribution in [0.5, 0.6) is 5.75 Å². The van der Waals surface area contributed by atoms with Crippen LogP contribution < -0.4 is 15.4 Å². The summed E-state index contributed by atoms with van der Waals surface area (Å²) < 4.78 is 16.6. The van der Waals surface area contributed by atoms with Crippen LogP contribution in [0.25, 0.3) is 0 Å². The number of amides is 2. The summed E-state index contributed by atoms with van der Waals surface area (Å²) in [4.78, 5) is 14.7. The lowest BCUT2D eigenvalue weighted by molar-refractivity contribution is 0.0358. The van der Waals surface area contributed by atoms with Gasteiger partial charge in [-0.1, -0.05) is 49.4 Å². The third kappa shape index (κ3) is 8.25. The molecule has 3 aromatic rings. The highest BCUT2D eigenvalue weighted by Crippen LogP contribution is 2.26. The van der Waals surface area contributed by atoms with Gasteiger partial charge in [0.2, 0.25) is 0 Å². The Balaban J connectivity index is 1.27. The van der Waals surface area contributed by atoms with E-state index in [1.54, 1.807) is 24.3 Å². The molecule has 2 aromatic carbocycles. The number of anilines is 2. The second-order valence-corrected chi connectivity index (χ2v) is 10.4. The normalized spacial score (nSPS) is 13.9. The predicted octanol–water partition coefficient (Wildman–Crippen LogP) is 5.77. The van der Waals surface area contributed by atoms with E-state index in [4.69, 9.17) is 25.6 Å². The number of rotatable bonds is 7. The van der Waals surface area contributed by atoms with Crippen LogP contribution >= 0.6 is 11.6 Å². The molecule has 1 aliphatic heterocycles. The number of carbonyl (C=O) groups is 1. The highest BCUT2D eigenvalue weighted by molar-refractivity contribution is 6.32. The lowest BCUT2D eigenvalue weighted by atomic mass is 9.93. The topological polar surface area (TPSA) is 88.9 Å². The molecule has 0 spiro atoms. The number of morpholine rings is 1. The van der Waals surface area contributed by atoms with Gasteiger partial charge in [0.25, 0.3) is 0 Å². The summed E-state index contributed by atoms with van der Waals surface area (Å²) >= 11 is 6.32. The van der Waals surface area contributed by atoms with E-state index in [9.17, 15) is 4.79 Å². The molecule has 0 bridgehead atoms. The van der Waals surface area contributed by atoms with Gasteiger partial charge in [-0.3, -0.25) is 10.2 Å². The van der Waals surface area contributed by atoms with E-state index in [0.29, 0.717) is 34.6 Å². The van der Waals surface area contributed by atoms with Crippen molar-refractivity contribution >= 4 is 29.1 Å². The van der Waals surface area contributed by atoms with Crippen LogP contribution in [0, 0.1) is 11.8 Å². The summed E-state index contributed by atoms with van der Waals surface area (Å²) in [5.74, 6) is 7.97. The zero-order valence-electron chi connectivity index (χ0n) is 22.0. The lowest BCUT2D eigenvalue weighted by Crippen LogP contribution is -2.37. The van der Waals surface area contributed by atoms with Crippen molar-refractivity contribution in [2.24, 2.45) is 0 Å². The molecule has 0 saturated carbocycles. The molecule has 1 aromatic heterocycles. The Kier molecular flexibility index (Phi) is 9.29. The van der Waals surface area contributed by atoms with Crippen LogP contribution in [-0.4, -0.2) is 55.5 Å². The third-order valence-electron chi connectivity index (χ3n) is 5.90. The molecule has 1 saturated heterocycles. The van der Waals surface area contributed by atoms with Crippen molar-refractivity contribution in [2.45, 2.75) is 32.6 Å². The van der Waals surface area contributed by atoms with Gasteiger partial charge < -0.3 is 19.3 Å². The molecule has 8 nitrogen and oxygen atoms in total. The van der Waals surface area contributed by atoms with Crippen LogP contribution in [0.3, 0.4) is 0 Å². The van der Waals surface area contributed by atoms with Gasteiger partial charge in [0, 0.05) is 47.9 Å². The average Bonchev–Trinajstić information content (AvgIpc) is 3.37. The minimum Gasteiger partial charge on any atom is -0.492 e. The fourth-order valence-electron chi connectivity index (χ4n) is 3.73. The second-order valence-electron chi connectivity index (χ2n) is 10.0. The summed E-state index contributed by atoms with van der Waals surface area (Å²) in [6.45, 7) is 11.1. The Morgan fingerprint density at radius 3 is 2.47 bits per heavy atom. The SMILES string of the molecule is CC(C)(C)c1cc(NC(=O)Nc2ccc(C#Cc3ccc(Cl)c(OCCCN4CCOCC4)c3)cc2)no1. The van der Waals surface area contributed by atoms with E-state index in [2.05, 4.69) is 32.5 Å². The zero-order valence-corrected chi connectivity index (χ0v) is 22.7. The number of benzene rings is 2. The van der Waals surface area contributed by atoms with Crippen LogP contribution in [0.1, 0.15) is 44.1 Å². The molecule has 2 amide bonds. The van der Waals surface area contributed by atoms with Crippen LogP contribution in [-0.2, 0) is 10.2 Å². The molecule has 0 radical (unpaired) electrons. The molecular formula is C29H33ClN4O4. The van der Waals surface area contributed by atoms with E-state index in [0.717, 1.165) is 50.4 Å². The Morgan fingerprint density at radius 2 is 1.76 bits per heavy atom. The number of hydrogen-bond acceptors (Lipinski definition) is 6. The van der Waals surface area contributed by atoms with Crippen LogP contribution in [0.4, 0.5) is 16.3 Å². The highest BCUT2D eigenvalue weighted by Gasteiger charge is 2.20. The number of ether oxygens (including phenoxy) is 2. The van der Waals surface area contributed by atoms with Gasteiger partial charge in [-0.15, -0.1) is 0 Å². The molecule has 38 heavy (non-hydrogen) atoms. The first-order chi connectivity index (χ1) is 18.3. The Hall–Kier alpha value is -3.51. The Morgan fingerprint density at radius 1 is 1.05 bits per heavy atom. The minimum absolute atomic E-state index is 0.190. The van der Waals surface area contributed by atoms with E-state index < -0.39 is 6.03 Å². The Labute approximate surface area is 228 Å². The van der Waals surface area contributed by atoms with E-state index in [-0.39, 0.29) is 5.41 Å². The largest absolute Gasteiger partial charge is 0.492 e. The maximum atomic E-state index is 12.3. The van der Waals surface area contributed by atoms with Crippen LogP contribution in [0.2, 0.25) is 5.02 Å². The number of aromatic nitrogens is 1. The molecule has 1 aliphatic rings. The van der Waals surface area contributed by atoms with E-state index in [1.807, 2.05) is 45.0 Å². The van der Waals surface area contributed by atoms with Crippen molar-refractivity contribution in [3.05, 3.63) is 70.4 Å². The smallest absolute Gasteiger partial charge is 0.324 e. The predicted molar refractivity (Wildman–Crippen MR) is 149 cm³/mol. The van der Waals surface area contributed by atoms with Gasteiger partial charge in [0.15, 0.2) is 5.82 Å². The fourth-order valence-corrected chi connectivity index (χ4v) is 3.91. The molecular weight excluding hydrogens is 504 g/mol. The van der Waals surface area contributed by atoms with Crippen molar-refractivity contribution in [3.63, 3.8) is 0 Å². The molecule has 9 heteroatoms. The second kappa shape index (κ2) is 12.8. The molecule has 1 fully saturated rings.